The largest absolute Gasteiger partial charge is 0.480 e. The molecule has 0 atom stereocenters. The van der Waals surface area contributed by atoms with Crippen molar-refractivity contribution in [2.24, 2.45) is 0 Å². The number of ether oxygens (including phenoxy) is 1. The van der Waals surface area contributed by atoms with Gasteiger partial charge in [-0.3, -0.25) is 10.1 Å². The number of hydrogen-bond donors (Lipinski definition) is 1. The molecule has 2 rings (SSSR count). The van der Waals surface area contributed by atoms with E-state index in [2.05, 4.69) is 6.07 Å². The number of carboxylic acids is 1. The Labute approximate surface area is 175 Å². The monoisotopic (exact) mass is 576 g/mol. The van der Waals surface area contributed by atoms with Crippen molar-refractivity contribution < 1.29 is 19.6 Å². The highest BCUT2D eigenvalue weighted by Crippen LogP contribution is 2.30. The van der Waals surface area contributed by atoms with Gasteiger partial charge in [0.25, 0.3) is 5.69 Å². The number of nitro benzene ring substituents is 1. The molecule has 0 saturated heterocycles. The van der Waals surface area contributed by atoms with Crippen LogP contribution >= 0.6 is 45.2 Å². The van der Waals surface area contributed by atoms with E-state index in [0.29, 0.717) is 24.0 Å². The fraction of sp³-hybridized carbons (Fsp3) is 0.0588. The molecule has 0 bridgehead atoms. The summed E-state index contributed by atoms with van der Waals surface area (Å²) in [4.78, 5) is 20.9. The normalized spacial score (nSPS) is 10.9. The molecule has 1 N–H and O–H groups in total. The van der Waals surface area contributed by atoms with Gasteiger partial charge in [-0.25, -0.2) is 4.79 Å². The lowest BCUT2D eigenvalue weighted by Crippen LogP contribution is -2.11. The van der Waals surface area contributed by atoms with Gasteiger partial charge in [0.1, 0.15) is 5.75 Å². The van der Waals surface area contributed by atoms with Crippen molar-refractivity contribution >= 4 is 68.5 Å². The van der Waals surface area contributed by atoms with E-state index in [-0.39, 0.29) is 5.69 Å². The maximum Gasteiger partial charge on any atom is 0.341 e. The van der Waals surface area contributed by atoms with E-state index in [1.54, 1.807) is 18.2 Å². The fourth-order valence-corrected chi connectivity index (χ4v) is 4.17. The standard InChI is InChI=1S/C17H10I2N2O5/c18-14-6-10(7-15(19)17(14)26-9-16(22)23)5-12(8-20)11-1-3-13(4-2-11)21(24)25/h1-7H,9H2,(H,22,23)/b12-5-. The second-order valence-electron chi connectivity index (χ2n) is 4.97. The maximum atomic E-state index is 10.7. The number of aliphatic carboxylic acids is 1. The molecule has 0 radical (unpaired) electrons. The van der Waals surface area contributed by atoms with Crippen LogP contribution in [0.5, 0.6) is 5.75 Å². The van der Waals surface area contributed by atoms with Crippen LogP contribution in [0.3, 0.4) is 0 Å². The van der Waals surface area contributed by atoms with Gasteiger partial charge in [-0.15, -0.1) is 0 Å². The minimum Gasteiger partial charge on any atom is -0.480 e. The van der Waals surface area contributed by atoms with Crippen LogP contribution in [0.15, 0.2) is 36.4 Å². The summed E-state index contributed by atoms with van der Waals surface area (Å²) in [6, 6.07) is 11.4. The van der Waals surface area contributed by atoms with E-state index in [9.17, 15) is 20.2 Å². The van der Waals surface area contributed by atoms with Crippen molar-refractivity contribution in [3.63, 3.8) is 0 Å². The van der Waals surface area contributed by atoms with Gasteiger partial charge in [0.05, 0.1) is 23.7 Å². The molecule has 0 fully saturated rings. The Bertz CT molecular complexity index is 910. The third-order valence-electron chi connectivity index (χ3n) is 3.18. The van der Waals surface area contributed by atoms with Crippen molar-refractivity contribution in [2.45, 2.75) is 0 Å². The zero-order chi connectivity index (χ0) is 19.3. The van der Waals surface area contributed by atoms with Gasteiger partial charge in [-0.2, -0.15) is 5.26 Å². The Morgan fingerprint density at radius 3 is 2.31 bits per heavy atom. The second kappa shape index (κ2) is 8.95. The summed E-state index contributed by atoms with van der Waals surface area (Å²) in [6.07, 6.45) is 1.66. The highest BCUT2D eigenvalue weighted by molar-refractivity contribution is 14.1. The lowest BCUT2D eigenvalue weighted by molar-refractivity contribution is -0.384. The first-order chi connectivity index (χ1) is 12.3. The van der Waals surface area contributed by atoms with E-state index in [1.807, 2.05) is 45.2 Å². The number of nitro groups is 1. The average molecular weight is 576 g/mol. The van der Waals surface area contributed by atoms with Gasteiger partial charge in [-0.05, 0) is 86.7 Å². The molecular formula is C17H10I2N2O5. The van der Waals surface area contributed by atoms with Crippen LogP contribution in [-0.2, 0) is 4.79 Å². The number of allylic oxidation sites excluding steroid dienone is 1. The van der Waals surface area contributed by atoms with Crippen LogP contribution in [0.4, 0.5) is 5.69 Å². The number of nitriles is 1. The summed E-state index contributed by atoms with van der Waals surface area (Å²) in [5.74, 6) is -0.592. The van der Waals surface area contributed by atoms with Crippen molar-refractivity contribution in [3.8, 4) is 11.8 Å². The van der Waals surface area contributed by atoms with Crippen LogP contribution in [0.2, 0.25) is 0 Å². The van der Waals surface area contributed by atoms with E-state index >= 15 is 0 Å². The smallest absolute Gasteiger partial charge is 0.341 e. The quantitative estimate of drug-likeness (QED) is 0.180. The van der Waals surface area contributed by atoms with E-state index in [1.165, 1.54) is 24.3 Å². The second-order valence-corrected chi connectivity index (χ2v) is 7.29. The molecule has 7 nitrogen and oxygen atoms in total. The molecule has 26 heavy (non-hydrogen) atoms. The molecule has 0 aliphatic rings. The molecule has 2 aromatic rings. The number of rotatable bonds is 6. The molecule has 2 aromatic carbocycles. The van der Waals surface area contributed by atoms with Gasteiger partial charge in [0.15, 0.2) is 6.61 Å². The lowest BCUT2D eigenvalue weighted by Gasteiger charge is -2.10. The topological polar surface area (TPSA) is 113 Å². The average Bonchev–Trinajstić information content (AvgIpc) is 2.58. The van der Waals surface area contributed by atoms with Gasteiger partial charge < -0.3 is 9.84 Å². The van der Waals surface area contributed by atoms with Crippen molar-refractivity contribution in [1.29, 1.82) is 5.26 Å². The number of non-ortho nitro benzene ring substituents is 1. The van der Waals surface area contributed by atoms with Crippen LogP contribution in [0.25, 0.3) is 11.6 Å². The molecule has 0 unspecified atom stereocenters. The molecule has 9 heteroatoms. The number of hydrogen-bond acceptors (Lipinski definition) is 5. The third kappa shape index (κ3) is 5.15. The van der Waals surface area contributed by atoms with Crippen molar-refractivity contribution in [3.05, 3.63) is 64.8 Å². The number of halogens is 2. The van der Waals surface area contributed by atoms with E-state index in [4.69, 9.17) is 9.84 Å². The first-order valence-electron chi connectivity index (χ1n) is 7.02. The Hall–Kier alpha value is -2.20. The summed E-state index contributed by atoms with van der Waals surface area (Å²) < 4.78 is 6.69. The molecule has 0 saturated carbocycles. The molecule has 0 aromatic heterocycles. The van der Waals surface area contributed by atoms with Gasteiger partial charge >= 0.3 is 5.97 Å². The first-order valence-corrected chi connectivity index (χ1v) is 9.18. The molecular weight excluding hydrogens is 566 g/mol. The first kappa shape index (κ1) is 20.1. The van der Waals surface area contributed by atoms with Crippen LogP contribution in [-0.4, -0.2) is 22.6 Å². The van der Waals surface area contributed by atoms with Gasteiger partial charge in [0.2, 0.25) is 0 Å². The Balaban J connectivity index is 2.35. The van der Waals surface area contributed by atoms with E-state index < -0.39 is 17.5 Å². The molecule has 0 spiro atoms. The molecule has 0 heterocycles. The number of carboxylic acid groups (broad SMARTS) is 1. The minimum absolute atomic E-state index is 0.0462. The van der Waals surface area contributed by atoms with Crippen LogP contribution < -0.4 is 4.74 Å². The van der Waals surface area contributed by atoms with Crippen molar-refractivity contribution in [1.82, 2.24) is 0 Å². The summed E-state index contributed by atoms with van der Waals surface area (Å²) in [6.45, 7) is -0.437. The van der Waals surface area contributed by atoms with Crippen LogP contribution in [0.1, 0.15) is 11.1 Å². The Kier molecular flexibility index (Phi) is 6.92. The minimum atomic E-state index is -1.06. The molecule has 132 valence electrons. The summed E-state index contributed by atoms with van der Waals surface area (Å²) in [5.41, 5.74) is 1.60. The highest BCUT2D eigenvalue weighted by Gasteiger charge is 2.11. The Morgan fingerprint density at radius 2 is 1.85 bits per heavy atom. The number of benzene rings is 2. The van der Waals surface area contributed by atoms with Crippen LogP contribution in [0, 0.1) is 28.6 Å². The lowest BCUT2D eigenvalue weighted by atomic mass is 10.0. The zero-order valence-corrected chi connectivity index (χ0v) is 17.3. The summed E-state index contributed by atoms with van der Waals surface area (Å²) in [7, 11) is 0. The van der Waals surface area contributed by atoms with E-state index in [0.717, 1.165) is 5.56 Å². The number of nitrogens with zero attached hydrogens (tertiary/aromatic N) is 2. The highest BCUT2D eigenvalue weighted by atomic mass is 127. The maximum absolute atomic E-state index is 10.7. The molecule has 0 amide bonds. The molecule has 0 aliphatic carbocycles. The zero-order valence-electron chi connectivity index (χ0n) is 13.0. The SMILES string of the molecule is N#C/C(=C/c1cc(I)c(OCC(=O)O)c(I)c1)c1ccc([N+](=O)[O-])cc1. The Morgan fingerprint density at radius 1 is 1.27 bits per heavy atom. The van der Waals surface area contributed by atoms with Gasteiger partial charge in [0, 0.05) is 12.1 Å². The predicted molar refractivity (Wildman–Crippen MR) is 112 cm³/mol. The molecule has 0 aliphatic heterocycles. The summed E-state index contributed by atoms with van der Waals surface area (Å²) >= 11 is 4.07. The fourth-order valence-electron chi connectivity index (χ4n) is 2.04. The van der Waals surface area contributed by atoms with Crippen molar-refractivity contribution in [2.75, 3.05) is 6.61 Å². The number of carbonyl (C=O) groups is 1. The predicted octanol–water partition coefficient (Wildman–Crippen LogP) is 4.33. The third-order valence-corrected chi connectivity index (χ3v) is 4.78. The summed E-state index contributed by atoms with van der Waals surface area (Å²) in [5, 5.41) is 28.9. The van der Waals surface area contributed by atoms with Gasteiger partial charge in [-0.1, -0.05) is 0 Å².